The molecule has 0 aromatic heterocycles. The minimum atomic E-state index is -0.224. The zero-order valence-corrected chi connectivity index (χ0v) is 16.2. The van der Waals surface area contributed by atoms with Gasteiger partial charge < -0.3 is 15.0 Å². The molecule has 0 spiro atoms. The van der Waals surface area contributed by atoms with Crippen LogP contribution in [0.25, 0.3) is 0 Å². The Kier molecular flexibility index (Phi) is 8.65. The zero-order chi connectivity index (χ0) is 19.5. The Balaban J connectivity index is 1.65. The summed E-state index contributed by atoms with van der Waals surface area (Å²) in [5.74, 6) is 0.369. The Bertz CT molecular complexity index is 720. The van der Waals surface area contributed by atoms with E-state index in [-0.39, 0.29) is 18.4 Å². The van der Waals surface area contributed by atoms with Gasteiger partial charge in [-0.15, -0.1) is 0 Å². The average molecular weight is 389 g/mol. The van der Waals surface area contributed by atoms with Crippen molar-refractivity contribution in [2.75, 3.05) is 26.2 Å². The first kappa shape index (κ1) is 20.8. The van der Waals surface area contributed by atoms with Gasteiger partial charge in [0.2, 0.25) is 5.91 Å². The molecular formula is C21H25ClN2O3. The van der Waals surface area contributed by atoms with Crippen LogP contribution in [0.5, 0.6) is 5.75 Å². The van der Waals surface area contributed by atoms with Gasteiger partial charge in [-0.3, -0.25) is 9.59 Å². The Morgan fingerprint density at radius 2 is 1.74 bits per heavy atom. The standard InChI is InChI=1S/C21H25ClN2O3/c1-17(25)24(14-5-8-18-6-3-2-4-7-18)15-13-23-21(26)16-27-20-11-9-19(22)10-12-20/h2-4,6-7,9-12H,5,8,13-16H2,1H3,(H,23,26). The highest BCUT2D eigenvalue weighted by Gasteiger charge is 2.09. The lowest BCUT2D eigenvalue weighted by atomic mass is 10.1. The molecule has 0 bridgehead atoms. The number of aryl methyl sites for hydroxylation is 1. The van der Waals surface area contributed by atoms with Gasteiger partial charge >= 0.3 is 0 Å². The maximum atomic E-state index is 11.9. The molecule has 0 saturated heterocycles. The summed E-state index contributed by atoms with van der Waals surface area (Å²) in [6.45, 7) is 3.02. The number of hydrogen-bond acceptors (Lipinski definition) is 3. The fourth-order valence-electron chi connectivity index (χ4n) is 2.61. The van der Waals surface area contributed by atoms with Crippen molar-refractivity contribution in [1.29, 1.82) is 0 Å². The van der Waals surface area contributed by atoms with Crippen molar-refractivity contribution < 1.29 is 14.3 Å². The van der Waals surface area contributed by atoms with Gasteiger partial charge in [0, 0.05) is 31.6 Å². The zero-order valence-electron chi connectivity index (χ0n) is 15.5. The maximum Gasteiger partial charge on any atom is 0.258 e. The molecule has 2 amide bonds. The first-order valence-electron chi connectivity index (χ1n) is 8.99. The van der Waals surface area contributed by atoms with E-state index in [1.165, 1.54) is 5.56 Å². The number of ether oxygens (including phenoxy) is 1. The number of carbonyl (C=O) groups excluding carboxylic acids is 2. The third-order valence-corrected chi connectivity index (χ3v) is 4.32. The van der Waals surface area contributed by atoms with Crippen molar-refractivity contribution in [2.24, 2.45) is 0 Å². The second kappa shape index (κ2) is 11.2. The molecule has 6 heteroatoms. The van der Waals surface area contributed by atoms with Crippen LogP contribution in [-0.4, -0.2) is 43.0 Å². The normalized spacial score (nSPS) is 10.3. The number of nitrogens with zero attached hydrogens (tertiary/aromatic N) is 1. The number of halogens is 1. The second-order valence-electron chi connectivity index (χ2n) is 6.19. The molecule has 0 saturated carbocycles. The summed E-state index contributed by atoms with van der Waals surface area (Å²) in [5, 5.41) is 3.39. The molecule has 144 valence electrons. The fraction of sp³-hybridized carbons (Fsp3) is 0.333. The third-order valence-electron chi connectivity index (χ3n) is 4.07. The van der Waals surface area contributed by atoms with Gasteiger partial charge in [-0.25, -0.2) is 0 Å². The summed E-state index contributed by atoms with van der Waals surface area (Å²) in [6.07, 6.45) is 1.81. The van der Waals surface area contributed by atoms with E-state index in [9.17, 15) is 9.59 Å². The second-order valence-corrected chi connectivity index (χ2v) is 6.62. The summed E-state index contributed by atoms with van der Waals surface area (Å²) in [6, 6.07) is 17.0. The summed E-state index contributed by atoms with van der Waals surface area (Å²) < 4.78 is 5.39. The van der Waals surface area contributed by atoms with E-state index in [4.69, 9.17) is 16.3 Å². The summed E-state index contributed by atoms with van der Waals surface area (Å²) >= 11 is 5.80. The van der Waals surface area contributed by atoms with Crippen LogP contribution in [0.15, 0.2) is 54.6 Å². The summed E-state index contributed by atoms with van der Waals surface area (Å²) in [5.41, 5.74) is 1.26. The van der Waals surface area contributed by atoms with Crippen molar-refractivity contribution in [3.63, 3.8) is 0 Å². The molecule has 0 aliphatic rings. The largest absolute Gasteiger partial charge is 0.484 e. The number of benzene rings is 2. The lowest BCUT2D eigenvalue weighted by Crippen LogP contribution is -2.39. The molecule has 0 aliphatic carbocycles. The summed E-state index contributed by atoms with van der Waals surface area (Å²) in [4.78, 5) is 25.4. The van der Waals surface area contributed by atoms with Crippen molar-refractivity contribution in [1.82, 2.24) is 10.2 Å². The van der Waals surface area contributed by atoms with E-state index in [0.29, 0.717) is 30.4 Å². The highest BCUT2D eigenvalue weighted by atomic mass is 35.5. The third kappa shape index (κ3) is 8.13. The van der Waals surface area contributed by atoms with Gasteiger partial charge in [-0.05, 0) is 42.7 Å². The Morgan fingerprint density at radius 1 is 1.04 bits per heavy atom. The molecule has 27 heavy (non-hydrogen) atoms. The fourth-order valence-corrected chi connectivity index (χ4v) is 2.73. The molecule has 0 radical (unpaired) electrons. The van der Waals surface area contributed by atoms with Gasteiger partial charge in [-0.1, -0.05) is 41.9 Å². The molecule has 1 N–H and O–H groups in total. The molecule has 0 heterocycles. The Hall–Kier alpha value is -2.53. The van der Waals surface area contributed by atoms with E-state index < -0.39 is 0 Å². The molecule has 2 aromatic rings. The van der Waals surface area contributed by atoms with Gasteiger partial charge in [0.25, 0.3) is 5.91 Å². The minimum Gasteiger partial charge on any atom is -0.484 e. The number of amides is 2. The van der Waals surface area contributed by atoms with Crippen LogP contribution in [0.3, 0.4) is 0 Å². The molecule has 2 rings (SSSR count). The van der Waals surface area contributed by atoms with Crippen LogP contribution in [-0.2, 0) is 16.0 Å². The van der Waals surface area contributed by atoms with Gasteiger partial charge in [0.1, 0.15) is 5.75 Å². The van der Waals surface area contributed by atoms with Gasteiger partial charge in [0.15, 0.2) is 6.61 Å². The van der Waals surface area contributed by atoms with Crippen LogP contribution in [0.2, 0.25) is 5.02 Å². The number of rotatable bonds is 10. The Labute approximate surface area is 165 Å². The van der Waals surface area contributed by atoms with E-state index in [1.807, 2.05) is 18.2 Å². The number of hydrogen-bond donors (Lipinski definition) is 1. The van der Waals surface area contributed by atoms with Crippen molar-refractivity contribution in [3.8, 4) is 5.75 Å². The highest BCUT2D eigenvalue weighted by Crippen LogP contribution is 2.15. The van der Waals surface area contributed by atoms with E-state index in [1.54, 1.807) is 36.1 Å². The number of carbonyl (C=O) groups is 2. The monoisotopic (exact) mass is 388 g/mol. The molecule has 0 aliphatic heterocycles. The Morgan fingerprint density at radius 3 is 2.41 bits per heavy atom. The predicted molar refractivity (Wildman–Crippen MR) is 107 cm³/mol. The van der Waals surface area contributed by atoms with Crippen LogP contribution in [0.4, 0.5) is 0 Å². The van der Waals surface area contributed by atoms with Crippen LogP contribution < -0.4 is 10.1 Å². The lowest BCUT2D eigenvalue weighted by molar-refractivity contribution is -0.129. The van der Waals surface area contributed by atoms with Crippen LogP contribution in [0.1, 0.15) is 18.9 Å². The molecule has 0 fully saturated rings. The van der Waals surface area contributed by atoms with Gasteiger partial charge in [-0.2, -0.15) is 0 Å². The lowest BCUT2D eigenvalue weighted by Gasteiger charge is -2.21. The first-order chi connectivity index (χ1) is 13.0. The molecular weight excluding hydrogens is 364 g/mol. The smallest absolute Gasteiger partial charge is 0.258 e. The molecule has 0 atom stereocenters. The molecule has 2 aromatic carbocycles. The van der Waals surface area contributed by atoms with E-state index in [2.05, 4.69) is 17.4 Å². The highest BCUT2D eigenvalue weighted by molar-refractivity contribution is 6.30. The molecule has 5 nitrogen and oxygen atoms in total. The van der Waals surface area contributed by atoms with Gasteiger partial charge in [0.05, 0.1) is 0 Å². The van der Waals surface area contributed by atoms with Crippen molar-refractivity contribution >= 4 is 23.4 Å². The van der Waals surface area contributed by atoms with Crippen LogP contribution in [0, 0.1) is 0 Å². The first-order valence-corrected chi connectivity index (χ1v) is 9.37. The SMILES string of the molecule is CC(=O)N(CCCc1ccccc1)CCNC(=O)COc1ccc(Cl)cc1. The molecule has 0 unspecified atom stereocenters. The average Bonchev–Trinajstić information content (AvgIpc) is 2.67. The van der Waals surface area contributed by atoms with Crippen LogP contribution >= 0.6 is 11.6 Å². The van der Waals surface area contributed by atoms with Crippen molar-refractivity contribution in [2.45, 2.75) is 19.8 Å². The minimum absolute atomic E-state index is 0.00900. The predicted octanol–water partition coefficient (Wildman–Crippen LogP) is 3.32. The topological polar surface area (TPSA) is 58.6 Å². The van der Waals surface area contributed by atoms with E-state index in [0.717, 1.165) is 12.8 Å². The van der Waals surface area contributed by atoms with Crippen molar-refractivity contribution in [3.05, 3.63) is 65.2 Å². The maximum absolute atomic E-state index is 11.9. The quantitative estimate of drug-likeness (QED) is 0.679. The number of nitrogens with one attached hydrogen (secondary N) is 1. The van der Waals surface area contributed by atoms with E-state index >= 15 is 0 Å². The summed E-state index contributed by atoms with van der Waals surface area (Å²) in [7, 11) is 0.